The SMILES string of the molecule is CC(O)Nc1ccc(B2OC(C)(C)C(C)(C)O2)cc1. The van der Waals surface area contributed by atoms with E-state index in [1.165, 1.54) is 0 Å². The van der Waals surface area contributed by atoms with E-state index < -0.39 is 6.23 Å². The molecule has 104 valence electrons. The van der Waals surface area contributed by atoms with Gasteiger partial charge in [-0.05, 0) is 52.2 Å². The summed E-state index contributed by atoms with van der Waals surface area (Å²) in [7, 11) is -0.342. The average Bonchev–Trinajstić information content (AvgIpc) is 2.48. The van der Waals surface area contributed by atoms with Crippen LogP contribution >= 0.6 is 0 Å². The third-order valence-electron chi connectivity index (χ3n) is 3.81. The van der Waals surface area contributed by atoms with Gasteiger partial charge in [0.1, 0.15) is 6.23 Å². The number of aliphatic hydroxyl groups is 1. The van der Waals surface area contributed by atoms with Crippen molar-refractivity contribution >= 4 is 18.3 Å². The highest BCUT2D eigenvalue weighted by atomic mass is 16.7. The molecule has 19 heavy (non-hydrogen) atoms. The smallest absolute Gasteiger partial charge is 0.399 e. The molecule has 0 saturated carbocycles. The second-order valence-corrected chi connectivity index (χ2v) is 6.03. The van der Waals surface area contributed by atoms with Gasteiger partial charge in [-0.3, -0.25) is 0 Å². The molecule has 1 atom stereocenters. The summed E-state index contributed by atoms with van der Waals surface area (Å²) in [5.41, 5.74) is 1.20. The van der Waals surface area contributed by atoms with Gasteiger partial charge in [0.15, 0.2) is 0 Å². The Kier molecular flexibility index (Phi) is 3.64. The van der Waals surface area contributed by atoms with Crippen LogP contribution in [-0.2, 0) is 9.31 Å². The molecule has 0 radical (unpaired) electrons. The van der Waals surface area contributed by atoms with Crippen LogP contribution in [-0.4, -0.2) is 29.7 Å². The Hall–Kier alpha value is -1.04. The van der Waals surface area contributed by atoms with Crippen LogP contribution in [0.25, 0.3) is 0 Å². The zero-order chi connectivity index (χ0) is 14.3. The molecule has 1 unspecified atom stereocenters. The maximum absolute atomic E-state index is 9.26. The maximum Gasteiger partial charge on any atom is 0.494 e. The van der Waals surface area contributed by atoms with E-state index in [0.29, 0.717) is 0 Å². The lowest BCUT2D eigenvalue weighted by Gasteiger charge is -2.32. The molecule has 1 heterocycles. The summed E-state index contributed by atoms with van der Waals surface area (Å²) in [6, 6.07) is 7.72. The van der Waals surface area contributed by atoms with Gasteiger partial charge in [0, 0.05) is 5.69 Å². The van der Waals surface area contributed by atoms with Gasteiger partial charge in [-0.1, -0.05) is 12.1 Å². The van der Waals surface area contributed by atoms with Crippen LogP contribution < -0.4 is 10.8 Å². The van der Waals surface area contributed by atoms with Crippen LogP contribution in [0.1, 0.15) is 34.6 Å². The van der Waals surface area contributed by atoms with E-state index in [4.69, 9.17) is 9.31 Å². The van der Waals surface area contributed by atoms with Crippen LogP contribution in [0, 0.1) is 0 Å². The van der Waals surface area contributed by atoms with Crippen molar-refractivity contribution in [2.45, 2.75) is 52.0 Å². The molecule has 0 aromatic heterocycles. The molecular weight excluding hydrogens is 241 g/mol. The standard InChI is InChI=1S/C14H22BNO3/c1-10(17)16-12-8-6-11(7-9-12)15-18-13(2,3)14(4,5)19-15/h6-10,16-17H,1-5H3. The summed E-state index contributed by atoms with van der Waals surface area (Å²) < 4.78 is 12.0. The third kappa shape index (κ3) is 2.94. The van der Waals surface area contributed by atoms with Gasteiger partial charge >= 0.3 is 7.12 Å². The molecule has 1 aromatic rings. The van der Waals surface area contributed by atoms with Crippen LogP contribution in [0.5, 0.6) is 0 Å². The zero-order valence-electron chi connectivity index (χ0n) is 12.2. The maximum atomic E-state index is 9.26. The second kappa shape index (κ2) is 4.82. The molecule has 1 aromatic carbocycles. The molecule has 0 bridgehead atoms. The van der Waals surface area contributed by atoms with Crippen molar-refractivity contribution in [2.24, 2.45) is 0 Å². The minimum Gasteiger partial charge on any atom is -0.399 e. The van der Waals surface area contributed by atoms with Crippen molar-refractivity contribution in [2.75, 3.05) is 5.32 Å². The Bertz CT molecular complexity index is 427. The zero-order valence-corrected chi connectivity index (χ0v) is 12.2. The Morgan fingerprint density at radius 1 is 1.05 bits per heavy atom. The molecule has 1 aliphatic heterocycles. The number of aliphatic hydroxyl groups excluding tert-OH is 1. The highest BCUT2D eigenvalue weighted by molar-refractivity contribution is 6.62. The van der Waals surface area contributed by atoms with Gasteiger partial charge in [0.25, 0.3) is 0 Å². The van der Waals surface area contributed by atoms with Gasteiger partial charge < -0.3 is 19.7 Å². The lowest BCUT2D eigenvalue weighted by Crippen LogP contribution is -2.41. The van der Waals surface area contributed by atoms with Gasteiger partial charge in [0.2, 0.25) is 0 Å². The first-order chi connectivity index (χ1) is 8.71. The summed E-state index contributed by atoms with van der Waals surface area (Å²) >= 11 is 0. The van der Waals surface area contributed by atoms with E-state index >= 15 is 0 Å². The normalized spacial score (nSPS) is 22.3. The minimum absolute atomic E-state index is 0.325. The van der Waals surface area contributed by atoms with Crippen LogP contribution in [0.15, 0.2) is 24.3 Å². The predicted molar refractivity (Wildman–Crippen MR) is 77.5 cm³/mol. The molecule has 1 aliphatic rings. The summed E-state index contributed by atoms with van der Waals surface area (Å²) in [5.74, 6) is 0. The summed E-state index contributed by atoms with van der Waals surface area (Å²) in [6.07, 6.45) is -0.567. The Morgan fingerprint density at radius 3 is 1.95 bits per heavy atom. The number of hydrogen-bond donors (Lipinski definition) is 2. The quantitative estimate of drug-likeness (QED) is 0.644. The highest BCUT2D eigenvalue weighted by Crippen LogP contribution is 2.36. The van der Waals surface area contributed by atoms with E-state index in [2.05, 4.69) is 5.32 Å². The van der Waals surface area contributed by atoms with Crippen molar-refractivity contribution in [3.63, 3.8) is 0 Å². The molecule has 2 N–H and O–H groups in total. The van der Waals surface area contributed by atoms with E-state index in [1.807, 2.05) is 52.0 Å². The van der Waals surface area contributed by atoms with E-state index in [1.54, 1.807) is 6.92 Å². The van der Waals surface area contributed by atoms with Crippen molar-refractivity contribution in [1.82, 2.24) is 0 Å². The largest absolute Gasteiger partial charge is 0.494 e. The highest BCUT2D eigenvalue weighted by Gasteiger charge is 2.51. The van der Waals surface area contributed by atoms with Crippen LogP contribution in [0.4, 0.5) is 5.69 Å². The summed E-state index contributed by atoms with van der Waals surface area (Å²) in [5, 5.41) is 12.2. The molecule has 0 aliphatic carbocycles. The van der Waals surface area contributed by atoms with Crippen LogP contribution in [0.3, 0.4) is 0 Å². The molecule has 0 amide bonds. The third-order valence-corrected chi connectivity index (χ3v) is 3.81. The van der Waals surface area contributed by atoms with Gasteiger partial charge in [-0.2, -0.15) is 0 Å². The number of anilines is 1. The van der Waals surface area contributed by atoms with Crippen molar-refractivity contribution < 1.29 is 14.4 Å². The molecule has 4 nitrogen and oxygen atoms in total. The fourth-order valence-electron chi connectivity index (χ4n) is 1.96. The van der Waals surface area contributed by atoms with E-state index in [0.717, 1.165) is 11.2 Å². The topological polar surface area (TPSA) is 50.7 Å². The van der Waals surface area contributed by atoms with Gasteiger partial charge in [-0.25, -0.2) is 0 Å². The number of nitrogens with one attached hydrogen (secondary N) is 1. The Morgan fingerprint density at radius 2 is 1.53 bits per heavy atom. The molecule has 0 spiro atoms. The van der Waals surface area contributed by atoms with Crippen molar-refractivity contribution in [3.05, 3.63) is 24.3 Å². The Labute approximate surface area is 115 Å². The first-order valence-electron chi connectivity index (χ1n) is 6.61. The second-order valence-electron chi connectivity index (χ2n) is 6.03. The first-order valence-corrected chi connectivity index (χ1v) is 6.61. The number of hydrogen-bond acceptors (Lipinski definition) is 4. The first kappa shape index (κ1) is 14.4. The monoisotopic (exact) mass is 263 g/mol. The summed E-state index contributed by atoms with van der Waals surface area (Å²) in [6.45, 7) is 9.83. The Balaban J connectivity index is 2.12. The molecule has 5 heteroatoms. The van der Waals surface area contributed by atoms with Crippen molar-refractivity contribution in [3.8, 4) is 0 Å². The van der Waals surface area contributed by atoms with E-state index in [9.17, 15) is 5.11 Å². The van der Waals surface area contributed by atoms with E-state index in [-0.39, 0.29) is 18.3 Å². The molecule has 2 rings (SSSR count). The van der Waals surface area contributed by atoms with Crippen molar-refractivity contribution in [1.29, 1.82) is 0 Å². The average molecular weight is 263 g/mol. The van der Waals surface area contributed by atoms with Crippen LogP contribution in [0.2, 0.25) is 0 Å². The molecule has 1 fully saturated rings. The lowest BCUT2D eigenvalue weighted by atomic mass is 9.79. The fourth-order valence-corrected chi connectivity index (χ4v) is 1.96. The number of rotatable bonds is 3. The fraction of sp³-hybridized carbons (Fsp3) is 0.571. The molecule has 1 saturated heterocycles. The molecular formula is C14H22BNO3. The minimum atomic E-state index is -0.567. The van der Waals surface area contributed by atoms with Gasteiger partial charge in [-0.15, -0.1) is 0 Å². The summed E-state index contributed by atoms with van der Waals surface area (Å²) in [4.78, 5) is 0. The number of benzene rings is 1. The predicted octanol–water partition coefficient (Wildman–Crippen LogP) is 1.74. The van der Waals surface area contributed by atoms with Gasteiger partial charge in [0.05, 0.1) is 11.2 Å². The lowest BCUT2D eigenvalue weighted by molar-refractivity contribution is 0.00578.